The van der Waals surface area contributed by atoms with Gasteiger partial charge in [0.05, 0.1) is 6.54 Å². The molecule has 0 aliphatic heterocycles. The number of benzene rings is 3. The molecule has 0 radical (unpaired) electrons. The molecule has 0 aliphatic rings. The summed E-state index contributed by atoms with van der Waals surface area (Å²) in [4.78, 5) is 30.3. The molecule has 4 aromatic rings. The van der Waals surface area contributed by atoms with E-state index in [0.717, 1.165) is 16.8 Å². The predicted octanol–water partition coefficient (Wildman–Crippen LogP) is 6.39. The van der Waals surface area contributed by atoms with Crippen molar-refractivity contribution >= 4 is 17.6 Å². The van der Waals surface area contributed by atoms with E-state index in [1.807, 2.05) is 92.8 Å². The Morgan fingerprint density at radius 3 is 2.13 bits per heavy atom. The third-order valence-electron chi connectivity index (χ3n) is 6.34. The summed E-state index contributed by atoms with van der Waals surface area (Å²) < 4.78 is 15.5. The number of urea groups is 1. The first-order chi connectivity index (χ1) is 18.9. The highest BCUT2D eigenvalue weighted by Gasteiger charge is 2.23. The van der Waals surface area contributed by atoms with Crippen LogP contribution < -0.4 is 5.32 Å². The average Bonchev–Trinajstić information content (AvgIpc) is 3.36. The van der Waals surface area contributed by atoms with Crippen LogP contribution in [0.25, 0.3) is 0 Å². The van der Waals surface area contributed by atoms with Gasteiger partial charge in [-0.05, 0) is 53.4 Å². The number of nitrogens with one attached hydrogen (secondary N) is 1. The molecule has 6 nitrogen and oxygen atoms in total. The van der Waals surface area contributed by atoms with Gasteiger partial charge in [0, 0.05) is 37.2 Å². The number of amides is 3. The normalized spacial score (nSPS) is 10.9. The number of carbonyl (C=O) groups excluding carboxylic acids is 2. The van der Waals surface area contributed by atoms with E-state index in [4.69, 9.17) is 0 Å². The maximum absolute atomic E-state index is 13.8. The van der Waals surface area contributed by atoms with Gasteiger partial charge in [-0.15, -0.1) is 0 Å². The summed E-state index contributed by atoms with van der Waals surface area (Å²) in [6, 6.07) is 29.1. The molecule has 0 bridgehead atoms. The van der Waals surface area contributed by atoms with E-state index >= 15 is 0 Å². The van der Waals surface area contributed by atoms with Crippen LogP contribution in [0.15, 0.2) is 103 Å². The maximum atomic E-state index is 13.8. The lowest BCUT2D eigenvalue weighted by molar-refractivity contribution is -0.133. The van der Waals surface area contributed by atoms with Crippen molar-refractivity contribution in [3.8, 4) is 0 Å². The minimum atomic E-state index is -0.303. The molecule has 1 aromatic heterocycles. The fourth-order valence-corrected chi connectivity index (χ4v) is 4.41. The summed E-state index contributed by atoms with van der Waals surface area (Å²) in [6.07, 6.45) is 1.96. The standard InChI is InChI=1S/C32H35FN4O2/c1-25(2)20-37(32(39)34-29-12-7-4-8-13-29)24-31(38)36(22-26-10-5-3-6-11-26)23-30-14-9-19-35(30)21-27-15-17-28(33)18-16-27/h3-19,25H,20-24H2,1-2H3,(H,34,39). The van der Waals surface area contributed by atoms with Crippen LogP contribution in [-0.4, -0.2) is 39.4 Å². The van der Waals surface area contributed by atoms with Crippen LogP contribution in [0.4, 0.5) is 14.9 Å². The number of anilines is 1. The Kier molecular flexibility index (Phi) is 9.51. The molecule has 0 spiro atoms. The molecule has 3 amide bonds. The van der Waals surface area contributed by atoms with Crippen LogP contribution in [0.3, 0.4) is 0 Å². The Morgan fingerprint density at radius 2 is 1.46 bits per heavy atom. The van der Waals surface area contributed by atoms with Crippen molar-refractivity contribution < 1.29 is 14.0 Å². The van der Waals surface area contributed by atoms with Crippen LogP contribution in [0, 0.1) is 11.7 Å². The van der Waals surface area contributed by atoms with Gasteiger partial charge in [0.1, 0.15) is 12.4 Å². The van der Waals surface area contributed by atoms with E-state index in [1.165, 1.54) is 12.1 Å². The van der Waals surface area contributed by atoms with Crippen LogP contribution >= 0.6 is 0 Å². The summed E-state index contributed by atoms with van der Waals surface area (Å²) >= 11 is 0. The largest absolute Gasteiger partial charge is 0.345 e. The van der Waals surface area contributed by atoms with Crippen molar-refractivity contribution in [2.45, 2.75) is 33.5 Å². The molecule has 202 valence electrons. The fourth-order valence-electron chi connectivity index (χ4n) is 4.41. The number of rotatable bonds is 11. The predicted molar refractivity (Wildman–Crippen MR) is 153 cm³/mol. The van der Waals surface area contributed by atoms with Crippen molar-refractivity contribution in [1.29, 1.82) is 0 Å². The molecule has 0 unspecified atom stereocenters. The molecule has 0 saturated heterocycles. The number of halogens is 1. The lowest BCUT2D eigenvalue weighted by atomic mass is 10.2. The van der Waals surface area contributed by atoms with Crippen molar-refractivity contribution in [2.75, 3.05) is 18.4 Å². The zero-order valence-electron chi connectivity index (χ0n) is 22.5. The second-order valence-corrected chi connectivity index (χ2v) is 10.1. The van der Waals surface area contributed by atoms with Gasteiger partial charge >= 0.3 is 6.03 Å². The van der Waals surface area contributed by atoms with E-state index < -0.39 is 0 Å². The van der Waals surface area contributed by atoms with Gasteiger partial charge in [-0.25, -0.2) is 9.18 Å². The molecule has 1 N–H and O–H groups in total. The Balaban J connectivity index is 1.53. The van der Waals surface area contributed by atoms with Crippen LogP contribution in [0.2, 0.25) is 0 Å². The van der Waals surface area contributed by atoms with Crippen molar-refractivity contribution in [3.63, 3.8) is 0 Å². The van der Waals surface area contributed by atoms with Gasteiger partial charge in [-0.3, -0.25) is 4.79 Å². The first-order valence-electron chi connectivity index (χ1n) is 13.2. The molecule has 39 heavy (non-hydrogen) atoms. The SMILES string of the molecule is CC(C)CN(CC(=O)N(Cc1ccccc1)Cc1cccn1Cc1ccc(F)cc1)C(=O)Nc1ccccc1. The minimum Gasteiger partial charge on any atom is -0.345 e. The number of nitrogens with zero attached hydrogens (tertiary/aromatic N) is 3. The Labute approximate surface area is 229 Å². The van der Waals surface area contributed by atoms with Gasteiger partial charge in [0.25, 0.3) is 0 Å². The maximum Gasteiger partial charge on any atom is 0.322 e. The molecule has 0 fully saturated rings. The summed E-state index contributed by atoms with van der Waals surface area (Å²) in [5.74, 6) is -0.222. The second kappa shape index (κ2) is 13.4. The monoisotopic (exact) mass is 526 g/mol. The first-order valence-corrected chi connectivity index (χ1v) is 13.2. The Bertz CT molecular complexity index is 1340. The van der Waals surface area contributed by atoms with Crippen molar-refractivity contribution in [1.82, 2.24) is 14.4 Å². The molecule has 1 heterocycles. The lowest BCUT2D eigenvalue weighted by Gasteiger charge is -2.29. The van der Waals surface area contributed by atoms with Gasteiger partial charge in [0.2, 0.25) is 5.91 Å². The van der Waals surface area contributed by atoms with Crippen molar-refractivity contribution in [2.24, 2.45) is 5.92 Å². The lowest BCUT2D eigenvalue weighted by Crippen LogP contribution is -2.45. The number of para-hydroxylation sites is 1. The molecule has 0 saturated carbocycles. The Hall–Kier alpha value is -4.39. The summed E-state index contributed by atoms with van der Waals surface area (Å²) in [5, 5.41) is 2.91. The molecule has 4 rings (SSSR count). The number of carbonyl (C=O) groups is 2. The summed E-state index contributed by atoms with van der Waals surface area (Å²) in [7, 11) is 0. The molecule has 0 atom stereocenters. The molecular formula is C32H35FN4O2. The summed E-state index contributed by atoms with van der Waals surface area (Å²) in [5.41, 5.74) is 3.61. The smallest absolute Gasteiger partial charge is 0.322 e. The zero-order chi connectivity index (χ0) is 27.6. The van der Waals surface area contributed by atoms with Crippen LogP contribution in [0.5, 0.6) is 0 Å². The minimum absolute atomic E-state index is 0.0393. The van der Waals surface area contributed by atoms with Crippen LogP contribution in [-0.2, 0) is 24.4 Å². The third kappa shape index (κ3) is 8.30. The Morgan fingerprint density at radius 1 is 0.795 bits per heavy atom. The third-order valence-corrected chi connectivity index (χ3v) is 6.34. The highest BCUT2D eigenvalue weighted by atomic mass is 19.1. The number of hydrogen-bond donors (Lipinski definition) is 1. The average molecular weight is 527 g/mol. The van der Waals surface area contributed by atoms with Gasteiger partial charge in [0.15, 0.2) is 0 Å². The zero-order valence-corrected chi connectivity index (χ0v) is 22.5. The van der Waals surface area contributed by atoms with Gasteiger partial charge in [-0.1, -0.05) is 74.5 Å². The molecule has 7 heteroatoms. The first kappa shape index (κ1) is 27.6. The van der Waals surface area contributed by atoms with Gasteiger partial charge in [-0.2, -0.15) is 0 Å². The quantitative estimate of drug-likeness (QED) is 0.246. The molecule has 0 aliphatic carbocycles. The molecular weight excluding hydrogens is 491 g/mol. The summed E-state index contributed by atoms with van der Waals surface area (Å²) in [6.45, 7) is 5.81. The number of aromatic nitrogens is 1. The van der Waals surface area contributed by atoms with Crippen LogP contribution in [0.1, 0.15) is 30.7 Å². The van der Waals surface area contributed by atoms with Crippen molar-refractivity contribution in [3.05, 3.63) is 126 Å². The van der Waals surface area contributed by atoms with E-state index in [0.29, 0.717) is 31.9 Å². The second-order valence-electron chi connectivity index (χ2n) is 10.1. The van der Waals surface area contributed by atoms with E-state index in [2.05, 4.69) is 9.88 Å². The van der Waals surface area contributed by atoms with E-state index in [9.17, 15) is 14.0 Å². The van der Waals surface area contributed by atoms with E-state index in [1.54, 1.807) is 21.9 Å². The number of hydrogen-bond acceptors (Lipinski definition) is 2. The highest BCUT2D eigenvalue weighted by Crippen LogP contribution is 2.16. The highest BCUT2D eigenvalue weighted by molar-refractivity contribution is 5.92. The van der Waals surface area contributed by atoms with Gasteiger partial charge < -0.3 is 19.7 Å². The fraction of sp³-hybridized carbons (Fsp3) is 0.250. The van der Waals surface area contributed by atoms with E-state index in [-0.39, 0.29) is 30.2 Å². The topological polar surface area (TPSA) is 57.6 Å². The molecule has 3 aromatic carbocycles.